The van der Waals surface area contributed by atoms with Crippen molar-refractivity contribution in [2.45, 2.75) is 49.1 Å². The first-order chi connectivity index (χ1) is 15.6. The van der Waals surface area contributed by atoms with Crippen LogP contribution in [-0.2, 0) is 0 Å². The number of thiol groups is 1. The Labute approximate surface area is 196 Å². The molecule has 8 heteroatoms. The van der Waals surface area contributed by atoms with Crippen molar-refractivity contribution in [2.24, 2.45) is 9.98 Å². The number of halogens is 1. The van der Waals surface area contributed by atoms with Gasteiger partial charge in [-0.3, -0.25) is 4.99 Å². The molecule has 2 bridgehead atoms. The van der Waals surface area contributed by atoms with E-state index in [4.69, 9.17) is 9.98 Å². The monoisotopic (exact) mass is 458 g/mol. The highest BCUT2D eigenvalue weighted by Crippen LogP contribution is 2.23. The smallest absolute Gasteiger partial charge is 0.200 e. The van der Waals surface area contributed by atoms with Crippen LogP contribution in [0, 0.1) is 5.82 Å². The van der Waals surface area contributed by atoms with Crippen molar-refractivity contribution in [2.75, 3.05) is 46.3 Å². The lowest BCUT2D eigenvalue weighted by Gasteiger charge is -2.35. The van der Waals surface area contributed by atoms with Gasteiger partial charge in [0.05, 0.1) is 12.1 Å². The van der Waals surface area contributed by atoms with Gasteiger partial charge in [0.2, 0.25) is 0 Å². The van der Waals surface area contributed by atoms with E-state index in [1.165, 1.54) is 37.0 Å². The van der Waals surface area contributed by atoms with Gasteiger partial charge in [-0.25, -0.2) is 9.38 Å². The van der Waals surface area contributed by atoms with Gasteiger partial charge < -0.3 is 20.4 Å². The molecule has 0 spiro atoms. The van der Waals surface area contributed by atoms with E-state index in [0.717, 1.165) is 68.8 Å². The van der Waals surface area contributed by atoms with Gasteiger partial charge >= 0.3 is 0 Å². The summed E-state index contributed by atoms with van der Waals surface area (Å²) in [5.41, 5.74) is 1.39. The fourth-order valence-corrected chi connectivity index (χ4v) is 4.56. The molecule has 2 unspecified atom stereocenters. The molecule has 4 aliphatic rings. The van der Waals surface area contributed by atoms with E-state index in [2.05, 4.69) is 46.2 Å². The fraction of sp³-hybridized carbons (Fsp3) is 0.583. The molecule has 2 fully saturated rings. The van der Waals surface area contributed by atoms with E-state index >= 15 is 0 Å². The minimum absolute atomic E-state index is 0.220. The highest BCUT2D eigenvalue weighted by molar-refractivity contribution is 7.80. The molecule has 174 valence electrons. The fourth-order valence-electron chi connectivity index (χ4n) is 4.41. The molecular formula is C24H35FN6S. The Morgan fingerprint density at radius 1 is 1.09 bits per heavy atom. The normalized spacial score (nSPS) is 27.5. The predicted molar refractivity (Wildman–Crippen MR) is 132 cm³/mol. The van der Waals surface area contributed by atoms with Crippen LogP contribution >= 0.6 is 12.6 Å². The second-order valence-electron chi connectivity index (χ2n) is 8.97. The number of nitrogens with zero attached hydrogens (tertiary/aromatic N) is 4. The first kappa shape index (κ1) is 23.3. The first-order valence-electron chi connectivity index (χ1n) is 11.8. The van der Waals surface area contributed by atoms with Gasteiger partial charge in [-0.2, -0.15) is 0 Å². The maximum Gasteiger partial charge on any atom is 0.200 e. The highest BCUT2D eigenvalue weighted by Gasteiger charge is 2.26. The van der Waals surface area contributed by atoms with E-state index in [1.54, 1.807) is 12.1 Å². The quantitative estimate of drug-likeness (QED) is 0.567. The van der Waals surface area contributed by atoms with Crippen LogP contribution in [0.2, 0.25) is 0 Å². The number of rotatable bonds is 1. The summed E-state index contributed by atoms with van der Waals surface area (Å²) < 4.78 is 12.1. The standard InChI is InChI=1S/C18H30N6.C6H5FS/c1-23-8-10-24(11-9-23)18-21-15-5-3-2-4-14(12-15)17(22-18)20-16-6-7-19-13-16;7-5-1-3-6(8)4-2-5/h12,15-16,19H,2-11,13H2,1H3,(H,20,21,22);1-4,8H. The van der Waals surface area contributed by atoms with Gasteiger partial charge in [-0.1, -0.05) is 12.5 Å². The Balaban J connectivity index is 0.000000260. The minimum atomic E-state index is -0.220. The van der Waals surface area contributed by atoms with Crippen molar-refractivity contribution in [1.29, 1.82) is 0 Å². The van der Waals surface area contributed by atoms with Crippen molar-refractivity contribution in [3.63, 3.8) is 0 Å². The molecule has 6 nitrogen and oxygen atoms in total. The molecular weight excluding hydrogens is 423 g/mol. The Morgan fingerprint density at radius 3 is 2.56 bits per heavy atom. The van der Waals surface area contributed by atoms with Crippen LogP contribution in [0.15, 0.2) is 50.8 Å². The Hall–Kier alpha value is -1.90. The van der Waals surface area contributed by atoms with Gasteiger partial charge in [0.15, 0.2) is 5.96 Å². The predicted octanol–water partition coefficient (Wildman–Crippen LogP) is 2.94. The zero-order valence-electron chi connectivity index (χ0n) is 18.9. The summed E-state index contributed by atoms with van der Waals surface area (Å²) in [6.07, 6.45) is 8.34. The average molecular weight is 459 g/mol. The number of likely N-dealkylation sites (N-methyl/N-ethyl adjacent to an activating group) is 1. The van der Waals surface area contributed by atoms with Crippen LogP contribution in [0.1, 0.15) is 32.1 Å². The third kappa shape index (κ3) is 6.56. The summed E-state index contributed by atoms with van der Waals surface area (Å²) in [7, 11) is 2.19. The maximum atomic E-state index is 12.1. The molecule has 3 aliphatic heterocycles. The van der Waals surface area contributed by atoms with E-state index < -0.39 is 0 Å². The number of nitrogens with one attached hydrogen (secondary N) is 2. The number of piperazine rings is 1. The van der Waals surface area contributed by atoms with Gasteiger partial charge in [0.25, 0.3) is 0 Å². The summed E-state index contributed by atoms with van der Waals surface area (Å²) >= 11 is 3.97. The average Bonchev–Trinajstić information content (AvgIpc) is 3.11. The molecule has 0 radical (unpaired) electrons. The molecule has 0 aromatic heterocycles. The summed E-state index contributed by atoms with van der Waals surface area (Å²) in [5, 5.41) is 7.06. The van der Waals surface area contributed by atoms with Gasteiger partial charge in [-0.05, 0) is 69.1 Å². The molecule has 1 aromatic carbocycles. The third-order valence-corrected chi connectivity index (χ3v) is 6.69. The lowest BCUT2D eigenvalue weighted by atomic mass is 10.1. The Kier molecular flexibility index (Phi) is 8.21. The third-order valence-electron chi connectivity index (χ3n) is 6.39. The van der Waals surface area contributed by atoms with E-state index in [-0.39, 0.29) is 5.82 Å². The number of amidine groups is 1. The van der Waals surface area contributed by atoms with Gasteiger partial charge in [0.1, 0.15) is 11.7 Å². The molecule has 1 aromatic rings. The molecule has 1 aliphatic carbocycles. The first-order valence-corrected chi connectivity index (χ1v) is 12.2. The minimum Gasteiger partial charge on any atom is -0.340 e. The number of benzene rings is 1. The van der Waals surface area contributed by atoms with Crippen LogP contribution in [0.5, 0.6) is 0 Å². The van der Waals surface area contributed by atoms with Crippen LogP contribution in [-0.4, -0.2) is 80.0 Å². The molecule has 3 heterocycles. The molecule has 2 N–H and O–H groups in total. The molecule has 2 atom stereocenters. The van der Waals surface area contributed by atoms with Gasteiger partial charge in [-0.15, -0.1) is 12.6 Å². The molecule has 32 heavy (non-hydrogen) atoms. The van der Waals surface area contributed by atoms with E-state index in [9.17, 15) is 4.39 Å². The largest absolute Gasteiger partial charge is 0.340 e. The number of hydrogen-bond acceptors (Lipinski definition) is 6. The van der Waals surface area contributed by atoms with Crippen molar-refractivity contribution in [1.82, 2.24) is 20.4 Å². The summed E-state index contributed by atoms with van der Waals surface area (Å²) in [6.45, 7) is 6.38. The summed E-state index contributed by atoms with van der Waals surface area (Å²) in [4.78, 5) is 15.7. The van der Waals surface area contributed by atoms with E-state index in [0.29, 0.717) is 12.1 Å². The van der Waals surface area contributed by atoms with Crippen LogP contribution in [0.4, 0.5) is 4.39 Å². The van der Waals surface area contributed by atoms with Crippen molar-refractivity contribution in [3.05, 3.63) is 41.7 Å². The van der Waals surface area contributed by atoms with Crippen LogP contribution in [0.25, 0.3) is 0 Å². The van der Waals surface area contributed by atoms with Crippen molar-refractivity contribution in [3.8, 4) is 0 Å². The molecule has 0 saturated carbocycles. The second kappa shape index (κ2) is 11.3. The topological polar surface area (TPSA) is 55.3 Å². The lowest BCUT2D eigenvalue weighted by molar-refractivity contribution is 0.212. The van der Waals surface area contributed by atoms with E-state index in [1.807, 2.05) is 0 Å². The summed E-state index contributed by atoms with van der Waals surface area (Å²) in [6, 6.07) is 6.70. The lowest BCUT2D eigenvalue weighted by Crippen LogP contribution is -2.52. The van der Waals surface area contributed by atoms with Crippen molar-refractivity contribution < 1.29 is 4.39 Å². The maximum absolute atomic E-state index is 12.1. The summed E-state index contributed by atoms with van der Waals surface area (Å²) in [5.74, 6) is 1.92. The number of fused-ring (bicyclic) bond motifs is 1. The van der Waals surface area contributed by atoms with Crippen LogP contribution in [0.3, 0.4) is 0 Å². The second-order valence-corrected chi connectivity index (χ2v) is 9.49. The number of hydrogen-bond donors (Lipinski definition) is 3. The van der Waals surface area contributed by atoms with Gasteiger partial charge in [0, 0.05) is 37.6 Å². The highest BCUT2D eigenvalue weighted by atomic mass is 32.1. The zero-order chi connectivity index (χ0) is 22.3. The zero-order valence-corrected chi connectivity index (χ0v) is 19.8. The Bertz CT molecular complexity index is 818. The van der Waals surface area contributed by atoms with Crippen molar-refractivity contribution >= 4 is 24.4 Å². The molecule has 5 rings (SSSR count). The van der Waals surface area contributed by atoms with Crippen LogP contribution < -0.4 is 10.6 Å². The Morgan fingerprint density at radius 2 is 1.88 bits per heavy atom. The molecule has 0 amide bonds. The number of aliphatic imine (C=N–C) groups is 2. The molecule has 2 saturated heterocycles. The SMILES string of the molecule is CN1CCN(C2=NC3C=C(CCCC3)C(=NC3CCNC3)N2)CC1.Fc1ccc(S)cc1. The number of guanidine groups is 1.